The molecule has 4 aromatic rings. The number of carbonyl (C=O) groups excluding carboxylic acids is 2. The van der Waals surface area contributed by atoms with Gasteiger partial charge in [-0.05, 0) is 99.7 Å². The molecule has 15 heteroatoms. The second kappa shape index (κ2) is 17.2. The van der Waals surface area contributed by atoms with Crippen LogP contribution in [0.15, 0.2) is 101 Å². The maximum absolute atomic E-state index is 13.3. The Morgan fingerprint density at radius 2 is 1.61 bits per heavy atom. The van der Waals surface area contributed by atoms with Crippen molar-refractivity contribution in [3.8, 4) is 16.9 Å². The summed E-state index contributed by atoms with van der Waals surface area (Å²) in [7, 11) is -4.52. The van der Waals surface area contributed by atoms with Crippen molar-refractivity contribution in [1.82, 2.24) is 10.0 Å². The highest BCUT2D eigenvalue weighted by atomic mass is 32.2. The molecule has 0 bridgehead atoms. The highest BCUT2D eigenvalue weighted by Crippen LogP contribution is 2.32. The second-order valence-corrected chi connectivity index (χ2v) is 15.2. The van der Waals surface area contributed by atoms with Crippen molar-refractivity contribution >= 4 is 45.2 Å². The van der Waals surface area contributed by atoms with E-state index in [2.05, 4.69) is 10.6 Å². The van der Waals surface area contributed by atoms with E-state index in [0.29, 0.717) is 47.6 Å². The third-order valence-electron chi connectivity index (χ3n) is 7.34. The van der Waals surface area contributed by atoms with Crippen LogP contribution in [0, 0.1) is 15.9 Å². The van der Waals surface area contributed by atoms with Gasteiger partial charge in [-0.3, -0.25) is 14.9 Å². The zero-order chi connectivity index (χ0) is 37.2. The van der Waals surface area contributed by atoms with Gasteiger partial charge in [0.25, 0.3) is 21.6 Å². The number of nitro benzene ring substituents is 1. The van der Waals surface area contributed by atoms with E-state index in [1.54, 1.807) is 69.3 Å². The fourth-order valence-corrected chi connectivity index (χ4v) is 6.87. The number of aromatic hydroxyl groups is 1. The van der Waals surface area contributed by atoms with Gasteiger partial charge in [0.1, 0.15) is 22.9 Å². The zero-order valence-corrected chi connectivity index (χ0v) is 29.9. The van der Waals surface area contributed by atoms with Gasteiger partial charge in [0.2, 0.25) is 0 Å². The summed E-state index contributed by atoms with van der Waals surface area (Å²) in [5.41, 5.74) is 0.334. The molecule has 0 aliphatic heterocycles. The van der Waals surface area contributed by atoms with Gasteiger partial charge in [-0.15, -0.1) is 11.8 Å². The van der Waals surface area contributed by atoms with Crippen LogP contribution in [0.1, 0.15) is 50.4 Å². The lowest BCUT2D eigenvalue weighted by molar-refractivity contribution is -0.384. The van der Waals surface area contributed by atoms with Crippen LogP contribution < -0.4 is 15.4 Å². The van der Waals surface area contributed by atoms with Crippen LogP contribution in [-0.4, -0.2) is 54.4 Å². The molecule has 51 heavy (non-hydrogen) atoms. The maximum Gasteiger partial charge on any atom is 0.407 e. The molecular weight excluding hydrogens is 700 g/mol. The van der Waals surface area contributed by atoms with E-state index in [-0.39, 0.29) is 23.0 Å². The van der Waals surface area contributed by atoms with E-state index in [1.807, 2.05) is 4.72 Å². The third-order valence-corrected chi connectivity index (χ3v) is 9.89. The Bertz CT molecular complexity index is 1950. The Morgan fingerprint density at radius 1 is 0.961 bits per heavy atom. The minimum absolute atomic E-state index is 0.0308. The number of phenols is 1. The van der Waals surface area contributed by atoms with Gasteiger partial charge >= 0.3 is 6.09 Å². The topological polar surface area (TPSA) is 177 Å². The predicted octanol–water partition coefficient (Wildman–Crippen LogP) is 7.49. The molecule has 4 rings (SSSR count). The average molecular weight is 739 g/mol. The molecule has 0 aliphatic carbocycles. The standard InChI is InChI=1S/C36H39FN4O8S2/c1-36(2,3)49-35(44)38-21-7-6-8-28(23-50-33-10-5-4-9-32(33)42)39-30-20-19-29(22-31(30)41(45)46)51(47,48)40-34(43)26-13-11-24(12-14-26)25-15-17-27(37)18-16-25/h4-5,9-20,22,28,39,42H,6-8,21,23H2,1-3H3,(H,38,44)(H,40,43). The Labute approximate surface area is 300 Å². The molecule has 270 valence electrons. The number of phenolic OH excluding ortho intramolecular Hbond substituents is 1. The van der Waals surface area contributed by atoms with Crippen molar-refractivity contribution in [2.45, 2.75) is 61.5 Å². The van der Waals surface area contributed by atoms with Crippen molar-refractivity contribution in [2.75, 3.05) is 17.6 Å². The molecule has 12 nitrogen and oxygen atoms in total. The second-order valence-electron chi connectivity index (χ2n) is 12.5. The van der Waals surface area contributed by atoms with Crippen LogP contribution in [0.4, 0.5) is 20.6 Å². The summed E-state index contributed by atoms with van der Waals surface area (Å²) in [4.78, 5) is 36.4. The highest BCUT2D eigenvalue weighted by Gasteiger charge is 2.25. The summed E-state index contributed by atoms with van der Waals surface area (Å²) in [5.74, 6) is -0.847. The Morgan fingerprint density at radius 3 is 2.24 bits per heavy atom. The largest absolute Gasteiger partial charge is 0.507 e. The first kappa shape index (κ1) is 38.6. The number of rotatable bonds is 15. The number of thioether (sulfide) groups is 1. The van der Waals surface area contributed by atoms with Gasteiger partial charge in [-0.1, -0.05) is 36.4 Å². The number of ether oxygens (including phenoxy) is 1. The minimum Gasteiger partial charge on any atom is -0.507 e. The third kappa shape index (κ3) is 11.7. The van der Waals surface area contributed by atoms with Crippen molar-refractivity contribution < 1.29 is 37.2 Å². The van der Waals surface area contributed by atoms with Gasteiger partial charge in [0.15, 0.2) is 0 Å². The van der Waals surface area contributed by atoms with Crippen molar-refractivity contribution in [3.05, 3.63) is 112 Å². The number of benzene rings is 4. The minimum atomic E-state index is -4.52. The van der Waals surface area contributed by atoms with E-state index in [1.165, 1.54) is 48.2 Å². The number of sulfonamides is 1. The number of anilines is 1. The quantitative estimate of drug-likeness (QED) is 0.0414. The molecule has 1 unspecified atom stereocenters. The highest BCUT2D eigenvalue weighted by molar-refractivity contribution is 7.99. The van der Waals surface area contributed by atoms with Gasteiger partial charge < -0.3 is 20.5 Å². The van der Waals surface area contributed by atoms with Crippen molar-refractivity contribution in [1.29, 1.82) is 0 Å². The van der Waals surface area contributed by atoms with Crippen molar-refractivity contribution in [3.63, 3.8) is 0 Å². The summed E-state index contributed by atoms with van der Waals surface area (Å²) in [6.07, 6.45) is 1.19. The molecule has 4 aromatic carbocycles. The zero-order valence-electron chi connectivity index (χ0n) is 28.2. The lowest BCUT2D eigenvalue weighted by atomic mass is 10.0. The van der Waals surface area contributed by atoms with Gasteiger partial charge in [-0.2, -0.15) is 0 Å². The number of nitrogens with one attached hydrogen (secondary N) is 3. The normalized spacial score (nSPS) is 12.1. The Hall–Kier alpha value is -5.15. The SMILES string of the molecule is CC(C)(C)OC(=O)NCCCCC(CSc1ccccc1O)Nc1ccc(S(=O)(=O)NC(=O)c2ccc(-c3ccc(F)cc3)cc2)cc1[N+](=O)[O-]. The van der Waals surface area contributed by atoms with Crippen LogP contribution >= 0.6 is 11.8 Å². The van der Waals surface area contributed by atoms with Crippen LogP contribution in [0.5, 0.6) is 5.75 Å². The predicted molar refractivity (Wildman–Crippen MR) is 194 cm³/mol. The number of hydrogen-bond acceptors (Lipinski definition) is 10. The number of para-hydroxylation sites is 1. The number of unbranched alkanes of at least 4 members (excludes halogenated alkanes) is 1. The van der Waals surface area contributed by atoms with E-state index < -0.39 is 48.9 Å². The lowest BCUT2D eigenvalue weighted by Gasteiger charge is -2.21. The first-order valence-corrected chi connectivity index (χ1v) is 18.4. The number of hydrogen-bond donors (Lipinski definition) is 4. The fraction of sp³-hybridized carbons (Fsp3) is 0.278. The molecule has 4 N–H and O–H groups in total. The molecule has 0 aliphatic rings. The van der Waals surface area contributed by atoms with E-state index in [9.17, 15) is 37.6 Å². The lowest BCUT2D eigenvalue weighted by Crippen LogP contribution is -2.33. The van der Waals surface area contributed by atoms with E-state index >= 15 is 0 Å². The maximum atomic E-state index is 13.3. The summed E-state index contributed by atoms with van der Waals surface area (Å²) in [6.45, 7) is 5.65. The van der Waals surface area contributed by atoms with E-state index in [4.69, 9.17) is 4.74 Å². The molecule has 0 saturated heterocycles. The number of carbonyl (C=O) groups is 2. The van der Waals surface area contributed by atoms with Crippen LogP contribution in [-0.2, 0) is 14.8 Å². The van der Waals surface area contributed by atoms with Crippen LogP contribution in [0.3, 0.4) is 0 Å². The van der Waals surface area contributed by atoms with Gasteiger partial charge in [0, 0.05) is 34.9 Å². The summed E-state index contributed by atoms with van der Waals surface area (Å²) in [5, 5.41) is 28.2. The van der Waals surface area contributed by atoms with Crippen LogP contribution in [0.25, 0.3) is 11.1 Å². The Kier molecular flexibility index (Phi) is 13.0. The number of halogens is 1. The summed E-state index contributed by atoms with van der Waals surface area (Å²) in [6, 6.07) is 21.5. The summed E-state index contributed by atoms with van der Waals surface area (Å²) >= 11 is 1.35. The monoisotopic (exact) mass is 738 g/mol. The average Bonchev–Trinajstić information content (AvgIpc) is 3.07. The number of alkyl carbamates (subject to hydrolysis) is 1. The molecule has 0 spiro atoms. The number of nitro groups is 1. The molecular formula is C36H39FN4O8S2. The first-order chi connectivity index (χ1) is 24.1. The Balaban J connectivity index is 1.46. The molecule has 1 atom stereocenters. The molecule has 0 heterocycles. The number of nitrogens with zero attached hydrogens (tertiary/aromatic N) is 1. The molecule has 0 saturated carbocycles. The first-order valence-electron chi connectivity index (χ1n) is 16.0. The van der Waals surface area contributed by atoms with Gasteiger partial charge in [0.05, 0.1) is 9.82 Å². The van der Waals surface area contributed by atoms with Crippen LogP contribution in [0.2, 0.25) is 0 Å². The molecule has 0 radical (unpaired) electrons. The van der Waals surface area contributed by atoms with E-state index in [0.717, 1.165) is 6.07 Å². The van der Waals surface area contributed by atoms with Gasteiger partial charge in [-0.25, -0.2) is 22.3 Å². The number of amides is 2. The molecule has 0 fully saturated rings. The molecule has 2 amide bonds. The fourth-order valence-electron chi connectivity index (χ4n) is 4.86. The van der Waals surface area contributed by atoms with Crippen molar-refractivity contribution in [2.24, 2.45) is 0 Å². The molecule has 0 aromatic heterocycles. The smallest absolute Gasteiger partial charge is 0.407 e. The summed E-state index contributed by atoms with van der Waals surface area (Å²) < 4.78 is 46.9.